The van der Waals surface area contributed by atoms with Crippen LogP contribution >= 0.6 is 34.5 Å². The van der Waals surface area contributed by atoms with Crippen LogP contribution in [0.15, 0.2) is 57.5 Å². The van der Waals surface area contributed by atoms with Crippen molar-refractivity contribution in [1.29, 1.82) is 0 Å². The van der Waals surface area contributed by atoms with Crippen LogP contribution in [-0.4, -0.2) is 30.2 Å². The summed E-state index contributed by atoms with van der Waals surface area (Å²) in [7, 11) is 1.43. The minimum atomic E-state index is -0.876. The number of fused-ring (bicyclic) bond motifs is 1. The van der Waals surface area contributed by atoms with E-state index in [1.54, 1.807) is 56.3 Å². The third kappa shape index (κ3) is 5.20. The molecule has 1 atom stereocenters. The minimum absolute atomic E-state index is 0.145. The largest absolute Gasteiger partial charge is 0.493 e. The molecule has 2 heterocycles. The maximum absolute atomic E-state index is 13.7. The molecular weight excluding hydrogens is 539 g/mol. The van der Waals surface area contributed by atoms with Crippen molar-refractivity contribution < 1.29 is 23.8 Å². The van der Waals surface area contributed by atoms with Crippen molar-refractivity contribution in [3.63, 3.8) is 0 Å². The van der Waals surface area contributed by atoms with E-state index < -0.39 is 18.0 Å². The zero-order valence-corrected chi connectivity index (χ0v) is 22.7. The van der Waals surface area contributed by atoms with Crippen LogP contribution in [0, 0.1) is 0 Å². The van der Waals surface area contributed by atoms with Crippen LogP contribution < -0.4 is 24.4 Å². The normalized spacial score (nSPS) is 15.2. The highest BCUT2D eigenvalue weighted by Gasteiger charge is 2.34. The van der Waals surface area contributed by atoms with Crippen molar-refractivity contribution in [2.75, 3.05) is 13.7 Å². The fraction of sp³-hybridized carbons (Fsp3) is 0.231. The van der Waals surface area contributed by atoms with Gasteiger partial charge in [0.25, 0.3) is 5.56 Å². The number of hydrogen-bond donors (Lipinski definition) is 0. The highest BCUT2D eigenvalue weighted by atomic mass is 35.5. The Morgan fingerprint density at radius 3 is 2.49 bits per heavy atom. The highest BCUT2D eigenvalue weighted by molar-refractivity contribution is 7.07. The van der Waals surface area contributed by atoms with E-state index in [-0.39, 0.29) is 29.2 Å². The minimum Gasteiger partial charge on any atom is -0.493 e. The van der Waals surface area contributed by atoms with Gasteiger partial charge < -0.3 is 14.2 Å². The quantitative estimate of drug-likeness (QED) is 0.333. The van der Waals surface area contributed by atoms with E-state index >= 15 is 0 Å². The summed E-state index contributed by atoms with van der Waals surface area (Å²) in [5.41, 5.74) is 1.27. The monoisotopic (exact) mass is 560 g/mol. The van der Waals surface area contributed by atoms with E-state index in [0.29, 0.717) is 36.2 Å². The smallest absolute Gasteiger partial charge is 0.338 e. The number of esters is 2. The van der Waals surface area contributed by atoms with E-state index in [0.717, 1.165) is 11.3 Å². The second-order valence-corrected chi connectivity index (χ2v) is 9.77. The van der Waals surface area contributed by atoms with E-state index in [4.69, 9.17) is 37.4 Å². The molecule has 1 aliphatic rings. The first-order valence-corrected chi connectivity index (χ1v) is 12.7. The first-order chi connectivity index (χ1) is 17.7. The fourth-order valence-electron chi connectivity index (χ4n) is 3.98. The van der Waals surface area contributed by atoms with Crippen LogP contribution in [0.2, 0.25) is 10.0 Å². The number of benzene rings is 2. The summed E-state index contributed by atoms with van der Waals surface area (Å²) in [5, 5.41) is 0.785. The van der Waals surface area contributed by atoms with Crippen molar-refractivity contribution in [2.24, 2.45) is 4.99 Å². The second-order valence-electron chi connectivity index (χ2n) is 7.94. The van der Waals surface area contributed by atoms with E-state index in [1.165, 1.54) is 18.6 Å². The Hall–Kier alpha value is -3.40. The predicted octanol–water partition coefficient (Wildman–Crippen LogP) is 4.04. The Balaban J connectivity index is 1.98. The third-order valence-electron chi connectivity index (χ3n) is 5.55. The van der Waals surface area contributed by atoms with Crippen molar-refractivity contribution in [3.05, 3.63) is 88.5 Å². The molecular formula is C26H22Cl2N2O6S. The number of rotatable bonds is 6. The van der Waals surface area contributed by atoms with Gasteiger partial charge >= 0.3 is 11.9 Å². The molecule has 37 heavy (non-hydrogen) atoms. The molecule has 0 bridgehead atoms. The summed E-state index contributed by atoms with van der Waals surface area (Å²) in [5.74, 6) is -0.645. The van der Waals surface area contributed by atoms with Gasteiger partial charge in [-0.25, -0.2) is 9.79 Å². The zero-order chi connectivity index (χ0) is 26.9. The Bertz CT molecular complexity index is 1600. The third-order valence-corrected chi connectivity index (χ3v) is 7.19. The summed E-state index contributed by atoms with van der Waals surface area (Å²) < 4.78 is 17.7. The number of ether oxygens (including phenoxy) is 3. The van der Waals surface area contributed by atoms with Crippen molar-refractivity contribution in [2.45, 2.75) is 26.8 Å². The lowest BCUT2D eigenvalue weighted by molar-refractivity contribution is -0.139. The van der Waals surface area contributed by atoms with Gasteiger partial charge in [-0.15, -0.1) is 0 Å². The Morgan fingerprint density at radius 1 is 1.16 bits per heavy atom. The molecule has 0 aliphatic carbocycles. The zero-order valence-electron chi connectivity index (χ0n) is 20.3. The van der Waals surface area contributed by atoms with E-state index in [2.05, 4.69) is 4.99 Å². The number of nitrogens with zero attached hydrogens (tertiary/aromatic N) is 2. The molecule has 0 saturated carbocycles. The second kappa shape index (κ2) is 10.9. The average Bonchev–Trinajstić information content (AvgIpc) is 3.15. The Labute approximate surface area is 226 Å². The maximum Gasteiger partial charge on any atom is 0.338 e. The van der Waals surface area contributed by atoms with E-state index in [1.807, 2.05) is 0 Å². The van der Waals surface area contributed by atoms with Gasteiger partial charge in [0.15, 0.2) is 16.3 Å². The Kier molecular flexibility index (Phi) is 7.87. The molecule has 0 unspecified atom stereocenters. The lowest BCUT2D eigenvalue weighted by Crippen LogP contribution is -2.40. The lowest BCUT2D eigenvalue weighted by atomic mass is 9.95. The van der Waals surface area contributed by atoms with E-state index in [9.17, 15) is 14.4 Å². The first-order valence-electron chi connectivity index (χ1n) is 11.2. The van der Waals surface area contributed by atoms with Crippen LogP contribution in [0.1, 0.15) is 37.9 Å². The van der Waals surface area contributed by atoms with Gasteiger partial charge in [-0.2, -0.15) is 0 Å². The van der Waals surface area contributed by atoms with Crippen LogP contribution in [0.4, 0.5) is 0 Å². The Morgan fingerprint density at radius 2 is 1.86 bits per heavy atom. The maximum atomic E-state index is 13.7. The molecule has 8 nitrogen and oxygen atoms in total. The van der Waals surface area contributed by atoms with Gasteiger partial charge in [0, 0.05) is 22.5 Å². The van der Waals surface area contributed by atoms with Crippen LogP contribution in [0.3, 0.4) is 0 Å². The van der Waals surface area contributed by atoms with Gasteiger partial charge in [0.05, 0.1) is 35.6 Å². The molecule has 0 spiro atoms. The van der Waals surface area contributed by atoms with Crippen molar-refractivity contribution in [1.82, 2.24) is 4.57 Å². The number of hydrogen-bond acceptors (Lipinski definition) is 8. The molecule has 4 rings (SSSR count). The van der Waals surface area contributed by atoms with Gasteiger partial charge in [0.2, 0.25) is 0 Å². The number of halogens is 2. The predicted molar refractivity (Wildman–Crippen MR) is 141 cm³/mol. The number of thiazole rings is 1. The molecule has 0 radical (unpaired) electrons. The number of allylic oxidation sites excluding steroid dienone is 1. The summed E-state index contributed by atoms with van der Waals surface area (Å²) in [6.45, 7) is 4.81. The van der Waals surface area contributed by atoms with Crippen molar-refractivity contribution >= 4 is 52.6 Å². The molecule has 0 fully saturated rings. The molecule has 0 N–H and O–H groups in total. The molecule has 2 aromatic carbocycles. The molecule has 0 saturated heterocycles. The van der Waals surface area contributed by atoms with Gasteiger partial charge in [0.1, 0.15) is 0 Å². The molecule has 11 heteroatoms. The molecule has 1 aromatic heterocycles. The number of carbonyl (C=O) groups is 2. The summed E-state index contributed by atoms with van der Waals surface area (Å²) >= 11 is 13.8. The molecule has 0 amide bonds. The van der Waals surface area contributed by atoms with Crippen molar-refractivity contribution in [3.8, 4) is 11.5 Å². The SMILES string of the molecule is CCOC(=O)C1=C(C)N=c2sc(=Cc3c(Cl)cccc3Cl)c(=O)n2[C@@H]1c1ccc(OC(C)=O)c(OC)c1. The average molecular weight is 561 g/mol. The summed E-state index contributed by atoms with van der Waals surface area (Å²) in [4.78, 5) is 43.3. The first kappa shape index (κ1) is 26.7. The van der Waals surface area contributed by atoms with Gasteiger partial charge in [-0.05, 0) is 49.8 Å². The van der Waals surface area contributed by atoms with Crippen LogP contribution in [0.5, 0.6) is 11.5 Å². The summed E-state index contributed by atoms with van der Waals surface area (Å²) in [6.07, 6.45) is 1.61. The molecule has 3 aromatic rings. The fourth-order valence-corrected chi connectivity index (χ4v) is 5.51. The van der Waals surface area contributed by atoms with Gasteiger partial charge in [-0.1, -0.05) is 46.7 Å². The van der Waals surface area contributed by atoms with Gasteiger partial charge in [-0.3, -0.25) is 14.2 Å². The number of aromatic nitrogens is 1. The topological polar surface area (TPSA) is 96.2 Å². The standard InChI is InChI=1S/C26H22Cl2N2O6S/c1-5-35-25(33)22-13(2)29-26-30(23(22)15-9-10-19(36-14(3)31)20(11-15)34-4)24(32)21(37-26)12-16-17(27)7-6-8-18(16)28/h6-12,23H,5H2,1-4H3/t23-/m1/s1. The highest BCUT2D eigenvalue weighted by Crippen LogP contribution is 2.36. The van der Waals surface area contributed by atoms with Crippen LogP contribution in [-0.2, 0) is 14.3 Å². The lowest BCUT2D eigenvalue weighted by Gasteiger charge is -2.25. The number of methoxy groups -OCH3 is 1. The number of carbonyl (C=O) groups excluding carboxylic acids is 2. The molecule has 192 valence electrons. The summed E-state index contributed by atoms with van der Waals surface area (Å²) in [6, 6.07) is 9.02. The molecule has 1 aliphatic heterocycles. The van der Waals surface area contributed by atoms with Crippen LogP contribution in [0.25, 0.3) is 6.08 Å².